The summed E-state index contributed by atoms with van der Waals surface area (Å²) in [5.74, 6) is 0.472. The van der Waals surface area contributed by atoms with Crippen molar-refractivity contribution in [3.63, 3.8) is 0 Å². The van der Waals surface area contributed by atoms with Crippen LogP contribution in [0.15, 0.2) is 53.5 Å². The van der Waals surface area contributed by atoms with Gasteiger partial charge in [-0.15, -0.1) is 0 Å². The van der Waals surface area contributed by atoms with E-state index in [1.807, 2.05) is 6.07 Å². The van der Waals surface area contributed by atoms with Crippen molar-refractivity contribution < 1.29 is 9.53 Å². The van der Waals surface area contributed by atoms with Crippen LogP contribution in [0.3, 0.4) is 0 Å². The van der Waals surface area contributed by atoms with Crippen molar-refractivity contribution in [1.29, 1.82) is 0 Å². The van der Waals surface area contributed by atoms with Crippen LogP contribution in [0.1, 0.15) is 10.4 Å². The van der Waals surface area contributed by atoms with Gasteiger partial charge in [0.05, 0.1) is 17.3 Å². The molecule has 0 spiro atoms. The van der Waals surface area contributed by atoms with E-state index in [2.05, 4.69) is 20.3 Å². The first-order valence-electron chi connectivity index (χ1n) is 8.14. The summed E-state index contributed by atoms with van der Waals surface area (Å²) >= 11 is 7.15. The molecule has 0 fully saturated rings. The van der Waals surface area contributed by atoms with Crippen LogP contribution in [0.2, 0.25) is 5.02 Å². The summed E-state index contributed by atoms with van der Waals surface area (Å²) in [6.45, 7) is 0. The van der Waals surface area contributed by atoms with Gasteiger partial charge in [-0.25, -0.2) is 9.97 Å². The van der Waals surface area contributed by atoms with Crippen molar-refractivity contribution in [2.75, 3.05) is 12.4 Å². The Bertz CT molecular complexity index is 1230. The number of hydrogen-bond donors (Lipinski definition) is 2. The topological polar surface area (TPSA) is 97.0 Å². The molecule has 0 radical (unpaired) electrons. The van der Waals surface area contributed by atoms with Crippen molar-refractivity contribution in [2.45, 2.75) is 0 Å². The highest BCUT2D eigenvalue weighted by molar-refractivity contribution is 7.22. The van der Waals surface area contributed by atoms with E-state index >= 15 is 0 Å². The molecule has 9 heteroatoms. The molecule has 0 atom stereocenters. The van der Waals surface area contributed by atoms with Gasteiger partial charge < -0.3 is 9.72 Å². The number of carbonyl (C=O) groups is 1. The van der Waals surface area contributed by atoms with Gasteiger partial charge in [0.15, 0.2) is 5.13 Å². The molecule has 7 nitrogen and oxygen atoms in total. The largest absolute Gasteiger partial charge is 0.497 e. The molecular formula is C19H13ClN4O3S. The molecule has 2 heterocycles. The molecule has 0 aliphatic heterocycles. The number of amides is 1. The minimum absolute atomic E-state index is 0.102. The second-order valence-electron chi connectivity index (χ2n) is 5.79. The van der Waals surface area contributed by atoms with Crippen molar-refractivity contribution >= 4 is 44.2 Å². The third-order valence-electron chi connectivity index (χ3n) is 3.98. The zero-order valence-corrected chi connectivity index (χ0v) is 16.1. The number of rotatable bonds is 4. The molecule has 28 heavy (non-hydrogen) atoms. The van der Waals surface area contributed by atoms with Gasteiger partial charge in [-0.3, -0.25) is 14.9 Å². The average Bonchev–Trinajstić information content (AvgIpc) is 3.09. The first-order valence-corrected chi connectivity index (χ1v) is 9.34. The van der Waals surface area contributed by atoms with Crippen LogP contribution in [0.4, 0.5) is 5.13 Å². The van der Waals surface area contributed by atoms with Gasteiger partial charge in [0.1, 0.15) is 17.1 Å². The fourth-order valence-electron chi connectivity index (χ4n) is 2.56. The van der Waals surface area contributed by atoms with Gasteiger partial charge >= 0.3 is 0 Å². The highest BCUT2D eigenvalue weighted by Crippen LogP contribution is 2.29. The number of anilines is 1. The van der Waals surface area contributed by atoms with Crippen molar-refractivity contribution in [2.24, 2.45) is 0 Å². The van der Waals surface area contributed by atoms with Crippen LogP contribution >= 0.6 is 22.9 Å². The normalized spacial score (nSPS) is 10.8. The smallest absolute Gasteiger partial charge is 0.264 e. The number of aromatic amines is 1. The van der Waals surface area contributed by atoms with Crippen LogP contribution in [0.5, 0.6) is 5.75 Å². The van der Waals surface area contributed by atoms with Gasteiger partial charge in [0, 0.05) is 16.8 Å². The van der Waals surface area contributed by atoms with Crippen LogP contribution in [-0.4, -0.2) is 28.0 Å². The zero-order chi connectivity index (χ0) is 19.7. The van der Waals surface area contributed by atoms with E-state index in [1.165, 1.54) is 17.5 Å². The maximum Gasteiger partial charge on any atom is 0.264 e. The quantitative estimate of drug-likeness (QED) is 0.528. The number of hydrogen-bond acceptors (Lipinski definition) is 6. The number of nitrogens with one attached hydrogen (secondary N) is 2. The Kier molecular flexibility index (Phi) is 4.81. The molecular weight excluding hydrogens is 400 g/mol. The summed E-state index contributed by atoms with van der Waals surface area (Å²) in [4.78, 5) is 36.0. The standard InChI is InChI=1S/C19H13ClN4O3S/c1-27-12-6-7-14-15(8-12)28-19(22-14)24-18(26)13-9-21-16(23-17(13)25)10-2-4-11(20)5-3-10/h2-9H,1H3,(H,21,23,25)(H,22,24,26). The Morgan fingerprint density at radius 3 is 2.71 bits per heavy atom. The van der Waals surface area contributed by atoms with Gasteiger partial charge in [-0.1, -0.05) is 22.9 Å². The molecule has 140 valence electrons. The minimum atomic E-state index is -0.581. The molecule has 0 aliphatic rings. The Morgan fingerprint density at radius 1 is 1.21 bits per heavy atom. The van der Waals surface area contributed by atoms with E-state index in [0.29, 0.717) is 27.3 Å². The van der Waals surface area contributed by atoms with Crippen molar-refractivity contribution in [1.82, 2.24) is 15.0 Å². The van der Waals surface area contributed by atoms with Crippen LogP contribution in [0, 0.1) is 0 Å². The van der Waals surface area contributed by atoms with Gasteiger partial charge in [0.25, 0.3) is 11.5 Å². The van der Waals surface area contributed by atoms with E-state index in [9.17, 15) is 9.59 Å². The predicted molar refractivity (Wildman–Crippen MR) is 109 cm³/mol. The fourth-order valence-corrected chi connectivity index (χ4v) is 3.58. The molecule has 4 aromatic rings. The lowest BCUT2D eigenvalue weighted by molar-refractivity contribution is 0.102. The maximum absolute atomic E-state index is 12.5. The number of methoxy groups -OCH3 is 1. The fraction of sp³-hybridized carbons (Fsp3) is 0.0526. The SMILES string of the molecule is COc1ccc2nc(NC(=O)c3cnc(-c4ccc(Cl)cc4)[nH]c3=O)sc2c1. The summed E-state index contributed by atoms with van der Waals surface area (Å²) in [6, 6.07) is 12.3. The number of benzene rings is 2. The van der Waals surface area contributed by atoms with Gasteiger partial charge in [-0.05, 0) is 42.5 Å². The summed E-state index contributed by atoms with van der Waals surface area (Å²) in [5, 5.41) is 3.61. The molecule has 0 saturated carbocycles. The summed E-state index contributed by atoms with van der Waals surface area (Å²) in [5.41, 5.74) is 0.773. The lowest BCUT2D eigenvalue weighted by atomic mass is 10.2. The second-order valence-corrected chi connectivity index (χ2v) is 7.26. The average molecular weight is 413 g/mol. The summed E-state index contributed by atoms with van der Waals surface area (Å²) < 4.78 is 6.04. The minimum Gasteiger partial charge on any atom is -0.497 e. The van der Waals surface area contributed by atoms with E-state index in [1.54, 1.807) is 43.5 Å². The van der Waals surface area contributed by atoms with E-state index in [-0.39, 0.29) is 5.56 Å². The second kappa shape index (κ2) is 7.41. The number of thiazole rings is 1. The number of nitrogens with zero attached hydrogens (tertiary/aromatic N) is 2. The number of fused-ring (bicyclic) bond motifs is 1. The molecule has 2 aromatic heterocycles. The van der Waals surface area contributed by atoms with Gasteiger partial charge in [0.2, 0.25) is 0 Å². The van der Waals surface area contributed by atoms with E-state index < -0.39 is 11.5 Å². The highest BCUT2D eigenvalue weighted by atomic mass is 35.5. The Morgan fingerprint density at radius 2 is 2.00 bits per heavy atom. The Balaban J connectivity index is 1.58. The number of aromatic nitrogens is 3. The molecule has 2 aromatic carbocycles. The van der Waals surface area contributed by atoms with Crippen LogP contribution in [0.25, 0.3) is 21.6 Å². The van der Waals surface area contributed by atoms with Crippen LogP contribution < -0.4 is 15.6 Å². The molecule has 0 bridgehead atoms. The molecule has 2 N–H and O–H groups in total. The first-order chi connectivity index (χ1) is 13.5. The lowest BCUT2D eigenvalue weighted by Crippen LogP contribution is -2.24. The molecule has 0 unspecified atom stereocenters. The van der Waals surface area contributed by atoms with Crippen LogP contribution in [-0.2, 0) is 0 Å². The summed E-state index contributed by atoms with van der Waals surface area (Å²) in [6.07, 6.45) is 1.24. The van der Waals surface area contributed by atoms with E-state index in [4.69, 9.17) is 16.3 Å². The highest BCUT2D eigenvalue weighted by Gasteiger charge is 2.15. The third-order valence-corrected chi connectivity index (χ3v) is 5.16. The summed E-state index contributed by atoms with van der Waals surface area (Å²) in [7, 11) is 1.58. The third kappa shape index (κ3) is 3.60. The zero-order valence-electron chi connectivity index (χ0n) is 14.5. The van der Waals surface area contributed by atoms with E-state index in [0.717, 1.165) is 10.2 Å². The number of carbonyl (C=O) groups excluding carboxylic acids is 1. The molecule has 1 amide bonds. The predicted octanol–water partition coefficient (Wildman–Crippen LogP) is 3.96. The number of halogens is 1. The Hall–Kier alpha value is -3.23. The monoisotopic (exact) mass is 412 g/mol. The van der Waals surface area contributed by atoms with Gasteiger partial charge in [-0.2, -0.15) is 0 Å². The Labute approximate surface area is 168 Å². The number of H-pyrrole nitrogens is 1. The number of ether oxygens (including phenoxy) is 1. The van der Waals surface area contributed by atoms with Crippen molar-refractivity contribution in [3.8, 4) is 17.1 Å². The molecule has 0 saturated heterocycles. The van der Waals surface area contributed by atoms with Crippen molar-refractivity contribution in [3.05, 3.63) is 69.6 Å². The molecule has 0 aliphatic carbocycles. The molecule has 4 rings (SSSR count). The lowest BCUT2D eigenvalue weighted by Gasteiger charge is -2.03. The maximum atomic E-state index is 12.5. The first kappa shape index (κ1) is 18.1.